The molecule has 0 fully saturated rings. The Balaban J connectivity index is 3.37. The summed E-state index contributed by atoms with van der Waals surface area (Å²) in [6.45, 7) is 2.84. The van der Waals surface area contributed by atoms with Crippen LogP contribution in [0.4, 0.5) is 5.69 Å². The Kier molecular flexibility index (Phi) is 5.86. The first-order valence-electron chi connectivity index (χ1n) is 5.95. The van der Waals surface area contributed by atoms with Crippen LogP contribution in [0.2, 0.25) is 10.0 Å². The van der Waals surface area contributed by atoms with E-state index in [2.05, 4.69) is 4.74 Å². The largest absolute Gasteiger partial charge is 0.468 e. The van der Waals surface area contributed by atoms with Crippen molar-refractivity contribution in [2.45, 2.75) is 24.8 Å². The average molecular weight is 355 g/mol. The van der Waals surface area contributed by atoms with E-state index in [0.29, 0.717) is 0 Å². The van der Waals surface area contributed by atoms with E-state index in [4.69, 9.17) is 28.9 Å². The number of halogens is 2. The summed E-state index contributed by atoms with van der Waals surface area (Å²) in [6, 6.07) is 2.12. The van der Waals surface area contributed by atoms with Crippen LogP contribution in [-0.4, -0.2) is 38.4 Å². The molecule has 0 aliphatic rings. The molecule has 2 N–H and O–H groups in total. The second kappa shape index (κ2) is 6.83. The molecule has 0 saturated carbocycles. The normalized spacial score (nSPS) is 12.0. The smallest absolute Gasteiger partial charge is 0.321 e. The third-order valence-corrected chi connectivity index (χ3v) is 5.68. The number of sulfonamides is 1. The highest BCUT2D eigenvalue weighted by molar-refractivity contribution is 7.89. The first-order chi connectivity index (χ1) is 9.62. The third-order valence-electron chi connectivity index (χ3n) is 2.77. The Morgan fingerprint density at radius 3 is 2.43 bits per heavy atom. The second-order valence-electron chi connectivity index (χ2n) is 4.49. The number of nitrogens with two attached hydrogens (primary N) is 1. The minimum Gasteiger partial charge on any atom is -0.468 e. The summed E-state index contributed by atoms with van der Waals surface area (Å²) in [6.07, 6.45) is 0. The lowest BCUT2D eigenvalue weighted by molar-refractivity contribution is -0.141. The molecule has 0 aromatic heterocycles. The van der Waals surface area contributed by atoms with Crippen LogP contribution in [0.15, 0.2) is 17.0 Å². The molecule has 0 atom stereocenters. The number of carbonyl (C=O) groups is 1. The summed E-state index contributed by atoms with van der Waals surface area (Å²) in [4.78, 5) is 11.2. The molecule has 0 saturated heterocycles. The number of nitrogen functional groups attached to an aromatic ring is 1. The molecule has 0 spiro atoms. The number of rotatable bonds is 5. The summed E-state index contributed by atoms with van der Waals surface area (Å²) in [5.74, 6) is -0.676. The van der Waals surface area contributed by atoms with Crippen LogP contribution < -0.4 is 5.73 Å². The molecule has 0 amide bonds. The fourth-order valence-corrected chi connectivity index (χ4v) is 3.93. The van der Waals surface area contributed by atoms with Crippen molar-refractivity contribution in [3.05, 3.63) is 22.2 Å². The van der Waals surface area contributed by atoms with Crippen molar-refractivity contribution in [2.24, 2.45) is 0 Å². The van der Waals surface area contributed by atoms with Crippen LogP contribution in [0.25, 0.3) is 0 Å². The van der Waals surface area contributed by atoms with Crippen LogP contribution in [0.3, 0.4) is 0 Å². The van der Waals surface area contributed by atoms with Gasteiger partial charge in [0.05, 0.1) is 22.8 Å². The van der Waals surface area contributed by atoms with Crippen molar-refractivity contribution in [1.29, 1.82) is 0 Å². The Labute approximate surface area is 133 Å². The molecule has 1 aromatic carbocycles. The molecule has 0 radical (unpaired) electrons. The highest BCUT2D eigenvalue weighted by atomic mass is 35.5. The van der Waals surface area contributed by atoms with Gasteiger partial charge < -0.3 is 10.5 Å². The van der Waals surface area contributed by atoms with Crippen molar-refractivity contribution in [3.8, 4) is 0 Å². The lowest BCUT2D eigenvalue weighted by atomic mass is 10.3. The molecule has 1 aromatic rings. The van der Waals surface area contributed by atoms with Gasteiger partial charge in [0, 0.05) is 6.04 Å². The van der Waals surface area contributed by atoms with Crippen molar-refractivity contribution in [2.75, 3.05) is 19.4 Å². The van der Waals surface area contributed by atoms with Gasteiger partial charge in [-0.05, 0) is 26.0 Å². The SMILES string of the molecule is COC(=O)CN(C(C)C)S(=O)(=O)c1ccc(Cl)c(N)c1Cl. The van der Waals surface area contributed by atoms with Crippen LogP contribution >= 0.6 is 23.2 Å². The zero-order valence-corrected chi connectivity index (χ0v) is 14.1. The zero-order chi connectivity index (χ0) is 16.4. The molecule has 1 rings (SSSR count). The van der Waals surface area contributed by atoms with Gasteiger partial charge in [-0.1, -0.05) is 23.2 Å². The Hall–Kier alpha value is -1.02. The van der Waals surface area contributed by atoms with Crippen molar-refractivity contribution in [1.82, 2.24) is 4.31 Å². The van der Waals surface area contributed by atoms with E-state index in [1.54, 1.807) is 13.8 Å². The molecule has 21 heavy (non-hydrogen) atoms. The van der Waals surface area contributed by atoms with Crippen LogP contribution in [0.5, 0.6) is 0 Å². The summed E-state index contributed by atoms with van der Waals surface area (Å²) in [5.41, 5.74) is 5.62. The monoisotopic (exact) mass is 354 g/mol. The van der Waals surface area contributed by atoms with Gasteiger partial charge in [-0.3, -0.25) is 4.79 Å². The van der Waals surface area contributed by atoms with E-state index in [-0.39, 0.29) is 20.6 Å². The zero-order valence-electron chi connectivity index (χ0n) is 11.8. The number of anilines is 1. The summed E-state index contributed by atoms with van der Waals surface area (Å²) in [7, 11) is -2.83. The number of ether oxygens (including phenoxy) is 1. The van der Waals surface area contributed by atoms with Gasteiger partial charge >= 0.3 is 5.97 Å². The Morgan fingerprint density at radius 2 is 1.95 bits per heavy atom. The Morgan fingerprint density at radius 1 is 1.38 bits per heavy atom. The molecule has 118 valence electrons. The highest BCUT2D eigenvalue weighted by Gasteiger charge is 2.32. The van der Waals surface area contributed by atoms with E-state index in [0.717, 1.165) is 4.31 Å². The van der Waals surface area contributed by atoms with Crippen molar-refractivity contribution in [3.63, 3.8) is 0 Å². The molecule has 0 bridgehead atoms. The first-order valence-corrected chi connectivity index (χ1v) is 8.14. The number of hydrogen-bond donors (Lipinski definition) is 1. The minimum atomic E-state index is -4.01. The van der Waals surface area contributed by atoms with Crippen molar-refractivity contribution < 1.29 is 17.9 Å². The fourth-order valence-electron chi connectivity index (χ4n) is 1.61. The average Bonchev–Trinajstić information content (AvgIpc) is 2.40. The fraction of sp³-hybridized carbons (Fsp3) is 0.417. The summed E-state index contributed by atoms with van der Waals surface area (Å²) in [5, 5.41) is -0.0129. The number of nitrogens with zero attached hydrogens (tertiary/aromatic N) is 1. The van der Waals surface area contributed by atoms with Gasteiger partial charge in [0.25, 0.3) is 0 Å². The van der Waals surface area contributed by atoms with E-state index >= 15 is 0 Å². The molecule has 0 unspecified atom stereocenters. The lowest BCUT2D eigenvalue weighted by Crippen LogP contribution is -2.41. The van der Waals surface area contributed by atoms with Gasteiger partial charge in [0.2, 0.25) is 10.0 Å². The maximum absolute atomic E-state index is 12.6. The quantitative estimate of drug-likeness (QED) is 0.646. The maximum Gasteiger partial charge on any atom is 0.321 e. The lowest BCUT2D eigenvalue weighted by Gasteiger charge is -2.25. The van der Waals surface area contributed by atoms with Crippen molar-refractivity contribution >= 4 is 44.9 Å². The summed E-state index contributed by atoms with van der Waals surface area (Å²) >= 11 is 11.8. The maximum atomic E-state index is 12.6. The molecular weight excluding hydrogens is 339 g/mol. The molecule has 0 aliphatic heterocycles. The van der Waals surface area contributed by atoms with Crippen LogP contribution in [0, 0.1) is 0 Å². The van der Waals surface area contributed by atoms with Gasteiger partial charge in [-0.15, -0.1) is 0 Å². The number of methoxy groups -OCH3 is 1. The van der Waals surface area contributed by atoms with Gasteiger partial charge in [0.1, 0.15) is 11.4 Å². The Bertz CT molecular complexity index is 647. The van der Waals surface area contributed by atoms with E-state index in [9.17, 15) is 13.2 Å². The minimum absolute atomic E-state index is 0.0267. The molecule has 9 heteroatoms. The molecule has 0 heterocycles. The number of carbonyl (C=O) groups excluding carboxylic acids is 1. The standard InChI is InChI=1S/C12H16Cl2N2O4S/c1-7(2)16(6-10(17)20-3)21(18,19)9-5-4-8(13)12(15)11(9)14/h4-5,7H,6,15H2,1-3H3. The van der Waals surface area contributed by atoms with Gasteiger partial charge in [-0.25, -0.2) is 8.42 Å². The molecular formula is C12H16Cl2N2O4S. The van der Waals surface area contributed by atoms with Crippen LogP contribution in [-0.2, 0) is 19.6 Å². The van der Waals surface area contributed by atoms with Gasteiger partial charge in [0.15, 0.2) is 0 Å². The first kappa shape index (κ1) is 18.0. The predicted molar refractivity (Wildman–Crippen MR) is 81.9 cm³/mol. The highest BCUT2D eigenvalue weighted by Crippen LogP contribution is 2.34. The third kappa shape index (κ3) is 3.79. The topological polar surface area (TPSA) is 89.7 Å². The van der Waals surface area contributed by atoms with Crippen LogP contribution in [0.1, 0.15) is 13.8 Å². The van der Waals surface area contributed by atoms with E-state index in [1.165, 1.54) is 19.2 Å². The summed E-state index contributed by atoms with van der Waals surface area (Å²) < 4.78 is 30.8. The number of benzene rings is 1. The number of hydrogen-bond acceptors (Lipinski definition) is 5. The molecule has 0 aliphatic carbocycles. The van der Waals surface area contributed by atoms with E-state index < -0.39 is 28.6 Å². The number of esters is 1. The second-order valence-corrected chi connectivity index (χ2v) is 7.14. The van der Waals surface area contributed by atoms with E-state index in [1.807, 2.05) is 0 Å². The molecule has 6 nitrogen and oxygen atoms in total. The predicted octanol–water partition coefficient (Wildman–Crippen LogP) is 2.15. The van der Waals surface area contributed by atoms with Gasteiger partial charge in [-0.2, -0.15) is 4.31 Å².